The number of aromatic nitrogens is 2. The van der Waals surface area contributed by atoms with Crippen LogP contribution in [0.1, 0.15) is 39.2 Å². The first-order valence-electron chi connectivity index (χ1n) is 10.2. The number of fused-ring (bicyclic) bond motifs is 1. The molecule has 8 heteroatoms. The van der Waals surface area contributed by atoms with Crippen LogP contribution in [-0.2, 0) is 16.4 Å². The van der Waals surface area contributed by atoms with E-state index in [4.69, 9.17) is 0 Å². The lowest BCUT2D eigenvalue weighted by Crippen LogP contribution is -2.35. The molecule has 2 aromatic carbocycles. The Hall–Kier alpha value is -3.00. The van der Waals surface area contributed by atoms with E-state index in [0.29, 0.717) is 24.2 Å². The molecule has 7 nitrogen and oxygen atoms in total. The molecular weight excluding hydrogens is 414 g/mol. The summed E-state index contributed by atoms with van der Waals surface area (Å²) in [5.41, 5.74) is 5.42. The zero-order valence-electron chi connectivity index (χ0n) is 17.8. The van der Waals surface area contributed by atoms with Gasteiger partial charge in [-0.3, -0.25) is 9.59 Å². The zero-order valence-corrected chi connectivity index (χ0v) is 18.6. The van der Waals surface area contributed by atoms with Gasteiger partial charge in [0.15, 0.2) is 9.84 Å². The Morgan fingerprint density at radius 3 is 2.45 bits per heavy atom. The lowest BCUT2D eigenvalue weighted by atomic mass is 10.1. The predicted octanol–water partition coefficient (Wildman–Crippen LogP) is 2.29. The van der Waals surface area contributed by atoms with Crippen molar-refractivity contribution in [3.8, 4) is 0 Å². The van der Waals surface area contributed by atoms with Crippen LogP contribution in [0.2, 0.25) is 0 Å². The molecule has 1 amide bonds. The number of aryl methyl sites for hydroxylation is 3. The van der Waals surface area contributed by atoms with Crippen molar-refractivity contribution < 1.29 is 13.2 Å². The summed E-state index contributed by atoms with van der Waals surface area (Å²) < 4.78 is 24.9. The van der Waals surface area contributed by atoms with Crippen LogP contribution in [0.25, 0.3) is 11.0 Å². The molecule has 2 heterocycles. The van der Waals surface area contributed by atoms with Crippen LogP contribution >= 0.6 is 0 Å². The van der Waals surface area contributed by atoms with E-state index in [0.717, 1.165) is 27.7 Å². The topological polar surface area (TPSA) is 98.1 Å². The Morgan fingerprint density at radius 2 is 1.81 bits per heavy atom. The monoisotopic (exact) mass is 439 g/mol. The molecule has 31 heavy (non-hydrogen) atoms. The summed E-state index contributed by atoms with van der Waals surface area (Å²) in [5.74, 6) is -0.182. The molecule has 4 rings (SSSR count). The predicted molar refractivity (Wildman–Crippen MR) is 120 cm³/mol. The molecule has 1 saturated heterocycles. The summed E-state index contributed by atoms with van der Waals surface area (Å²) in [6.45, 7) is 6.10. The average molecular weight is 440 g/mol. The van der Waals surface area contributed by atoms with Gasteiger partial charge in [-0.15, -0.1) is 0 Å². The third kappa shape index (κ3) is 4.39. The quantitative estimate of drug-likeness (QED) is 0.673. The summed E-state index contributed by atoms with van der Waals surface area (Å²) in [4.78, 5) is 29.7. The number of sulfone groups is 1. The van der Waals surface area contributed by atoms with Crippen molar-refractivity contribution in [1.82, 2.24) is 14.9 Å². The molecule has 0 saturated carbocycles. The molecule has 162 valence electrons. The molecule has 1 aliphatic rings. The third-order valence-electron chi connectivity index (χ3n) is 5.85. The zero-order chi connectivity index (χ0) is 22.3. The molecule has 3 aromatic rings. The van der Waals surface area contributed by atoms with E-state index in [1.54, 1.807) is 23.6 Å². The van der Waals surface area contributed by atoms with Crippen LogP contribution in [0, 0.1) is 20.8 Å². The second-order valence-corrected chi connectivity index (χ2v) is 10.5. The minimum atomic E-state index is -3.05. The maximum absolute atomic E-state index is 12.8. The Labute approximate surface area is 181 Å². The van der Waals surface area contributed by atoms with Gasteiger partial charge < -0.3 is 9.88 Å². The number of nitrogens with zero attached hydrogens (tertiary/aromatic N) is 2. The fraction of sp³-hybridized carbons (Fsp3) is 0.348. The van der Waals surface area contributed by atoms with Gasteiger partial charge in [0.2, 0.25) is 0 Å². The van der Waals surface area contributed by atoms with Gasteiger partial charge in [0, 0.05) is 11.6 Å². The van der Waals surface area contributed by atoms with Gasteiger partial charge in [-0.05, 0) is 68.1 Å². The van der Waals surface area contributed by atoms with E-state index in [-0.39, 0.29) is 29.0 Å². The number of amides is 1. The number of benzene rings is 2. The number of rotatable bonds is 4. The minimum absolute atomic E-state index is 0.00685. The molecule has 0 spiro atoms. The fourth-order valence-electron chi connectivity index (χ4n) is 3.90. The molecule has 0 radical (unpaired) electrons. The van der Waals surface area contributed by atoms with Gasteiger partial charge in [0.1, 0.15) is 5.69 Å². The van der Waals surface area contributed by atoms with Crippen molar-refractivity contribution >= 4 is 26.8 Å². The van der Waals surface area contributed by atoms with Crippen LogP contribution in [0.4, 0.5) is 0 Å². The standard InChI is InChI=1S/C23H25N3O4S/c1-14-10-20-21(11-15(14)2)26(23(28)16(3)24-20)12-17-4-6-18(7-5-17)22(27)25-19-8-9-31(29,30)13-19/h4-7,10-11,19H,8-9,12-13H2,1-3H3,(H,25,27). The normalized spacial score (nSPS) is 17.7. The van der Waals surface area contributed by atoms with Crippen molar-refractivity contribution in [1.29, 1.82) is 0 Å². The van der Waals surface area contributed by atoms with Gasteiger partial charge in [-0.1, -0.05) is 12.1 Å². The van der Waals surface area contributed by atoms with Crippen LogP contribution in [0.3, 0.4) is 0 Å². The summed E-state index contributed by atoms with van der Waals surface area (Å²) >= 11 is 0. The molecule has 1 N–H and O–H groups in total. The number of nitrogens with one attached hydrogen (secondary N) is 1. The van der Waals surface area contributed by atoms with Crippen molar-refractivity contribution in [2.24, 2.45) is 0 Å². The maximum atomic E-state index is 12.8. The molecule has 0 aliphatic carbocycles. The number of hydrogen-bond donors (Lipinski definition) is 1. The number of carbonyl (C=O) groups excluding carboxylic acids is 1. The molecule has 1 unspecified atom stereocenters. The average Bonchev–Trinajstić information content (AvgIpc) is 3.06. The van der Waals surface area contributed by atoms with Crippen LogP contribution < -0.4 is 10.9 Å². The van der Waals surface area contributed by atoms with E-state index in [2.05, 4.69) is 10.3 Å². The number of carbonyl (C=O) groups is 1. The van der Waals surface area contributed by atoms with E-state index in [1.165, 1.54) is 0 Å². The Morgan fingerprint density at radius 1 is 1.13 bits per heavy atom. The lowest BCUT2D eigenvalue weighted by molar-refractivity contribution is 0.0941. The van der Waals surface area contributed by atoms with Gasteiger partial charge in [-0.2, -0.15) is 0 Å². The lowest BCUT2D eigenvalue weighted by Gasteiger charge is -2.14. The molecular formula is C23H25N3O4S. The first-order valence-corrected chi connectivity index (χ1v) is 12.0. The van der Waals surface area contributed by atoms with Crippen LogP contribution in [0.15, 0.2) is 41.2 Å². The third-order valence-corrected chi connectivity index (χ3v) is 7.62. The highest BCUT2D eigenvalue weighted by molar-refractivity contribution is 7.91. The molecule has 0 bridgehead atoms. The largest absolute Gasteiger partial charge is 0.348 e. The maximum Gasteiger partial charge on any atom is 0.272 e. The Balaban J connectivity index is 1.58. The van der Waals surface area contributed by atoms with Gasteiger partial charge in [0.25, 0.3) is 11.5 Å². The van der Waals surface area contributed by atoms with Crippen molar-refractivity contribution in [2.75, 3.05) is 11.5 Å². The highest BCUT2D eigenvalue weighted by Crippen LogP contribution is 2.18. The van der Waals surface area contributed by atoms with E-state index in [1.807, 2.05) is 38.1 Å². The van der Waals surface area contributed by atoms with E-state index < -0.39 is 9.84 Å². The Bertz CT molecular complexity index is 1340. The summed E-state index contributed by atoms with van der Waals surface area (Å²) in [7, 11) is -3.05. The molecule has 1 atom stereocenters. The number of hydrogen-bond acceptors (Lipinski definition) is 5. The van der Waals surface area contributed by atoms with E-state index >= 15 is 0 Å². The molecule has 1 aliphatic heterocycles. The SMILES string of the molecule is Cc1cc2nc(C)c(=O)n(Cc3ccc(C(=O)NC4CCS(=O)(=O)C4)cc3)c2cc1C. The van der Waals surface area contributed by atoms with E-state index in [9.17, 15) is 18.0 Å². The Kier molecular flexibility index (Phi) is 5.43. The van der Waals surface area contributed by atoms with Gasteiger partial charge in [0.05, 0.1) is 29.1 Å². The second kappa shape index (κ2) is 7.92. The van der Waals surface area contributed by atoms with Crippen molar-refractivity contribution in [3.05, 3.63) is 74.7 Å². The van der Waals surface area contributed by atoms with Gasteiger partial charge >= 0.3 is 0 Å². The summed E-state index contributed by atoms with van der Waals surface area (Å²) in [5, 5.41) is 2.79. The van der Waals surface area contributed by atoms with Crippen LogP contribution in [-0.4, -0.2) is 41.4 Å². The van der Waals surface area contributed by atoms with Crippen LogP contribution in [0.5, 0.6) is 0 Å². The second-order valence-electron chi connectivity index (χ2n) is 8.28. The fourth-order valence-corrected chi connectivity index (χ4v) is 5.58. The highest BCUT2D eigenvalue weighted by atomic mass is 32.2. The summed E-state index contributed by atoms with van der Waals surface area (Å²) in [6, 6.07) is 10.7. The van der Waals surface area contributed by atoms with Crippen molar-refractivity contribution in [3.63, 3.8) is 0 Å². The molecule has 1 fully saturated rings. The highest BCUT2D eigenvalue weighted by Gasteiger charge is 2.29. The van der Waals surface area contributed by atoms with Gasteiger partial charge in [-0.25, -0.2) is 13.4 Å². The first-order chi connectivity index (χ1) is 14.6. The minimum Gasteiger partial charge on any atom is -0.348 e. The van der Waals surface area contributed by atoms with Crippen molar-refractivity contribution in [2.45, 2.75) is 39.8 Å². The smallest absolute Gasteiger partial charge is 0.272 e. The summed E-state index contributed by atoms with van der Waals surface area (Å²) in [6.07, 6.45) is 0.447. The first kappa shape index (κ1) is 21.2. The molecule has 1 aromatic heterocycles.